The molecule has 2 aromatic rings. The molecule has 0 saturated heterocycles. The highest BCUT2D eigenvalue weighted by Gasteiger charge is 2.00. The second-order valence-corrected chi connectivity index (χ2v) is 4.76. The fraction of sp³-hybridized carbons (Fsp3) is 0.538. The van der Waals surface area contributed by atoms with E-state index in [4.69, 9.17) is 0 Å². The van der Waals surface area contributed by atoms with Gasteiger partial charge < -0.3 is 9.88 Å². The van der Waals surface area contributed by atoms with E-state index in [1.807, 2.05) is 29.5 Å². The molecule has 2 aromatic heterocycles. The molecule has 0 amide bonds. The molecule has 1 N–H and O–H groups in total. The lowest BCUT2D eigenvalue weighted by Gasteiger charge is -2.05. The van der Waals surface area contributed by atoms with Gasteiger partial charge in [0.1, 0.15) is 0 Å². The molecule has 0 atom stereocenters. The lowest BCUT2D eigenvalue weighted by atomic mass is 10.3. The van der Waals surface area contributed by atoms with E-state index < -0.39 is 0 Å². The van der Waals surface area contributed by atoms with Crippen LogP contribution in [0, 0.1) is 0 Å². The lowest BCUT2D eigenvalue weighted by molar-refractivity contribution is 0.526. The lowest BCUT2D eigenvalue weighted by Crippen LogP contribution is -2.21. The minimum atomic E-state index is 0.495. The second kappa shape index (κ2) is 6.35. The van der Waals surface area contributed by atoms with Gasteiger partial charge in [-0.3, -0.25) is 4.68 Å². The second-order valence-electron chi connectivity index (χ2n) is 4.76. The molecule has 0 bridgehead atoms. The van der Waals surface area contributed by atoms with Crippen molar-refractivity contribution in [3.05, 3.63) is 36.7 Å². The minimum Gasteiger partial charge on any atom is -0.337 e. The summed E-state index contributed by atoms with van der Waals surface area (Å²) in [6, 6.07) is 2.45. The highest BCUT2D eigenvalue weighted by atomic mass is 15.3. The molecule has 0 aliphatic carbocycles. The molecule has 2 rings (SSSR count). The quantitative estimate of drug-likeness (QED) is 0.809. The number of hydrogen-bond acceptors (Lipinski definition) is 3. The van der Waals surface area contributed by atoms with E-state index in [-0.39, 0.29) is 0 Å². The minimum absolute atomic E-state index is 0.495. The van der Waals surface area contributed by atoms with Gasteiger partial charge in [0.25, 0.3) is 0 Å². The average Bonchev–Trinajstić information content (AvgIpc) is 2.97. The number of rotatable bonds is 7. The van der Waals surface area contributed by atoms with Gasteiger partial charge in [-0.25, -0.2) is 4.98 Å². The van der Waals surface area contributed by atoms with Crippen molar-refractivity contribution in [1.29, 1.82) is 0 Å². The van der Waals surface area contributed by atoms with Gasteiger partial charge in [-0.1, -0.05) is 13.8 Å². The molecule has 0 aromatic carbocycles. The third-order valence-electron chi connectivity index (χ3n) is 2.74. The maximum atomic E-state index is 4.38. The number of nitrogens with one attached hydrogen (secondary N) is 1. The first kappa shape index (κ1) is 12.8. The van der Waals surface area contributed by atoms with Crippen molar-refractivity contribution in [2.24, 2.45) is 0 Å². The first-order valence-electron chi connectivity index (χ1n) is 6.45. The van der Waals surface area contributed by atoms with E-state index in [1.54, 1.807) is 0 Å². The van der Waals surface area contributed by atoms with Crippen LogP contribution in [0.25, 0.3) is 0 Å². The summed E-state index contributed by atoms with van der Waals surface area (Å²) in [7, 11) is 0. The molecular weight excluding hydrogens is 226 g/mol. The normalized spacial score (nSPS) is 11.3. The van der Waals surface area contributed by atoms with Crippen LogP contribution in [0.5, 0.6) is 0 Å². The first-order valence-corrected chi connectivity index (χ1v) is 6.45. The van der Waals surface area contributed by atoms with Crippen molar-refractivity contribution in [3.8, 4) is 0 Å². The number of nitrogens with zero attached hydrogens (tertiary/aromatic N) is 4. The molecule has 0 spiro atoms. The standard InChI is InChI=1S/C13H21N5/c1-12(2)14-9-13-10-17(11-15-13)6-4-8-18-7-3-5-16-18/h3,5,7,10-12,14H,4,6,8-9H2,1-2H3. The molecule has 0 fully saturated rings. The Labute approximate surface area is 108 Å². The molecular formula is C13H21N5. The van der Waals surface area contributed by atoms with E-state index in [1.165, 1.54) is 0 Å². The van der Waals surface area contributed by atoms with Crippen molar-refractivity contribution >= 4 is 0 Å². The van der Waals surface area contributed by atoms with Crippen LogP contribution in [0.1, 0.15) is 26.0 Å². The maximum Gasteiger partial charge on any atom is 0.0949 e. The zero-order chi connectivity index (χ0) is 12.8. The van der Waals surface area contributed by atoms with Gasteiger partial charge in [0.05, 0.1) is 12.0 Å². The van der Waals surface area contributed by atoms with Crippen molar-refractivity contribution < 1.29 is 0 Å². The van der Waals surface area contributed by atoms with E-state index in [2.05, 4.69) is 40.0 Å². The zero-order valence-corrected chi connectivity index (χ0v) is 11.1. The molecule has 98 valence electrons. The highest BCUT2D eigenvalue weighted by molar-refractivity contribution is 4.96. The Bertz CT molecular complexity index is 444. The predicted molar refractivity (Wildman–Crippen MR) is 71.0 cm³/mol. The summed E-state index contributed by atoms with van der Waals surface area (Å²) in [5.74, 6) is 0. The molecule has 0 saturated carbocycles. The fourth-order valence-electron chi connectivity index (χ4n) is 1.78. The predicted octanol–water partition coefficient (Wildman–Crippen LogP) is 1.67. The summed E-state index contributed by atoms with van der Waals surface area (Å²) >= 11 is 0. The Morgan fingerprint density at radius 3 is 2.94 bits per heavy atom. The zero-order valence-electron chi connectivity index (χ0n) is 11.1. The van der Waals surface area contributed by atoms with Gasteiger partial charge in [0, 0.05) is 44.3 Å². The van der Waals surface area contributed by atoms with Crippen molar-refractivity contribution in [2.45, 2.75) is 45.9 Å². The van der Waals surface area contributed by atoms with Gasteiger partial charge in [0.15, 0.2) is 0 Å². The van der Waals surface area contributed by atoms with Crippen LogP contribution in [-0.2, 0) is 19.6 Å². The number of hydrogen-bond donors (Lipinski definition) is 1. The van der Waals surface area contributed by atoms with Crippen LogP contribution in [-0.4, -0.2) is 25.4 Å². The van der Waals surface area contributed by atoms with Crippen LogP contribution in [0.15, 0.2) is 31.0 Å². The third kappa shape index (κ3) is 4.00. The third-order valence-corrected chi connectivity index (χ3v) is 2.74. The summed E-state index contributed by atoms with van der Waals surface area (Å²) in [5.41, 5.74) is 1.10. The maximum absolute atomic E-state index is 4.38. The summed E-state index contributed by atoms with van der Waals surface area (Å²) < 4.78 is 4.10. The monoisotopic (exact) mass is 247 g/mol. The summed E-state index contributed by atoms with van der Waals surface area (Å²) in [6.07, 6.45) is 8.88. The Morgan fingerprint density at radius 2 is 2.22 bits per heavy atom. The van der Waals surface area contributed by atoms with Crippen LogP contribution >= 0.6 is 0 Å². The SMILES string of the molecule is CC(C)NCc1cn(CCCn2cccn2)cn1. The molecule has 0 aliphatic heterocycles. The summed E-state index contributed by atoms with van der Waals surface area (Å²) in [6.45, 7) is 7.05. The van der Waals surface area contributed by atoms with Crippen molar-refractivity contribution in [3.63, 3.8) is 0 Å². The molecule has 2 heterocycles. The Balaban J connectivity index is 1.73. The van der Waals surface area contributed by atoms with E-state index in [9.17, 15) is 0 Å². The van der Waals surface area contributed by atoms with Crippen LogP contribution in [0.4, 0.5) is 0 Å². The number of aryl methyl sites for hydroxylation is 2. The van der Waals surface area contributed by atoms with Crippen LogP contribution < -0.4 is 5.32 Å². The molecule has 0 radical (unpaired) electrons. The fourth-order valence-corrected chi connectivity index (χ4v) is 1.78. The Morgan fingerprint density at radius 1 is 1.33 bits per heavy atom. The Kier molecular flexibility index (Phi) is 4.52. The molecule has 5 nitrogen and oxygen atoms in total. The van der Waals surface area contributed by atoms with Gasteiger partial charge in [-0.15, -0.1) is 0 Å². The van der Waals surface area contributed by atoms with Crippen LogP contribution in [0.2, 0.25) is 0 Å². The number of imidazole rings is 1. The van der Waals surface area contributed by atoms with Crippen molar-refractivity contribution in [1.82, 2.24) is 24.6 Å². The van der Waals surface area contributed by atoms with Gasteiger partial charge >= 0.3 is 0 Å². The van der Waals surface area contributed by atoms with Gasteiger partial charge in [-0.2, -0.15) is 5.10 Å². The molecule has 0 unspecified atom stereocenters. The first-order chi connectivity index (χ1) is 8.74. The van der Waals surface area contributed by atoms with Crippen LogP contribution in [0.3, 0.4) is 0 Å². The molecule has 5 heteroatoms. The van der Waals surface area contributed by atoms with E-state index in [0.29, 0.717) is 6.04 Å². The molecule has 18 heavy (non-hydrogen) atoms. The van der Waals surface area contributed by atoms with Gasteiger partial charge in [0.2, 0.25) is 0 Å². The van der Waals surface area contributed by atoms with E-state index in [0.717, 1.165) is 31.7 Å². The smallest absolute Gasteiger partial charge is 0.0949 e. The highest BCUT2D eigenvalue weighted by Crippen LogP contribution is 1.99. The largest absolute Gasteiger partial charge is 0.337 e. The van der Waals surface area contributed by atoms with Gasteiger partial charge in [-0.05, 0) is 12.5 Å². The Hall–Kier alpha value is -1.62. The average molecular weight is 247 g/mol. The summed E-state index contributed by atoms with van der Waals surface area (Å²) in [4.78, 5) is 4.38. The van der Waals surface area contributed by atoms with E-state index >= 15 is 0 Å². The summed E-state index contributed by atoms with van der Waals surface area (Å²) in [5, 5.41) is 7.55. The molecule has 0 aliphatic rings. The topological polar surface area (TPSA) is 47.7 Å². The number of aromatic nitrogens is 4. The van der Waals surface area contributed by atoms with Crippen molar-refractivity contribution in [2.75, 3.05) is 0 Å².